The van der Waals surface area contributed by atoms with Crippen LogP contribution in [0.4, 0.5) is 4.39 Å². The number of hydrogen-bond donors (Lipinski definition) is 0. The van der Waals surface area contributed by atoms with Crippen molar-refractivity contribution in [2.24, 2.45) is 0 Å². The molecule has 11 rings (SSSR count). The fourth-order valence-electron chi connectivity index (χ4n) is 8.78. The van der Waals surface area contributed by atoms with Gasteiger partial charge in [-0.3, -0.25) is 4.98 Å². The van der Waals surface area contributed by atoms with Crippen LogP contribution >= 0.6 is 0 Å². The smallest absolute Gasteiger partial charge is 0.176 e. The van der Waals surface area contributed by atoms with Crippen LogP contribution in [0.3, 0.4) is 0 Å². The van der Waals surface area contributed by atoms with Gasteiger partial charge in [-0.2, -0.15) is 0 Å². The summed E-state index contributed by atoms with van der Waals surface area (Å²) in [4.78, 5) is 9.75. The third kappa shape index (κ3) is 7.94. The van der Waals surface area contributed by atoms with Crippen LogP contribution in [0.15, 0.2) is 161 Å². The minimum atomic E-state index is -1.23. The van der Waals surface area contributed by atoms with Crippen molar-refractivity contribution in [3.05, 3.63) is 181 Å². The number of imidazole rings is 1. The van der Waals surface area contributed by atoms with Gasteiger partial charge in [-0.25, -0.2) is 4.39 Å². The molecule has 0 saturated carbocycles. The van der Waals surface area contributed by atoms with Crippen LogP contribution < -0.4 is 5.19 Å². The molecule has 7 aromatic carbocycles. The molecule has 1 radical (unpaired) electrons. The van der Waals surface area contributed by atoms with E-state index >= 15 is 4.39 Å². The standard InChI is InChI=1S/C43H32FN2O2.C14H16NSi.Ir/c1-24(2)31-21-27(26-13-6-5-7-14-26)22-32(25(3)4)40(31)46-35-19-10-9-18-34(35)45-43(46)30-17-12-16-29-38-37(48-41(29)30)23-33-28-15-8-11-20-36(28)47-42(33)39(38)44;1-16(2,3)13-9-10-14(15-11-13)12-7-5-4-6-8-12;/h5-16,18-25H,1-4H3;4-7,9-11H,1-3H3;/q2*-1;. The molecule has 11 aromatic rings. The van der Waals surface area contributed by atoms with Crippen LogP contribution in [0.25, 0.3) is 94.4 Å². The van der Waals surface area contributed by atoms with Crippen molar-refractivity contribution >= 4 is 68.2 Å². The molecule has 0 saturated heterocycles. The van der Waals surface area contributed by atoms with E-state index < -0.39 is 13.9 Å². The van der Waals surface area contributed by atoms with Gasteiger partial charge in [0.15, 0.2) is 11.4 Å². The van der Waals surface area contributed by atoms with E-state index in [2.05, 4.69) is 130 Å². The predicted octanol–water partition coefficient (Wildman–Crippen LogP) is 15.4. The Morgan fingerprint density at radius 2 is 1.32 bits per heavy atom. The Morgan fingerprint density at radius 3 is 2.02 bits per heavy atom. The maximum absolute atomic E-state index is 16.4. The van der Waals surface area contributed by atoms with E-state index in [1.807, 2.05) is 91.1 Å². The Balaban J connectivity index is 0.000000266. The first-order valence-corrected chi connectivity index (χ1v) is 25.5. The van der Waals surface area contributed by atoms with E-state index in [-0.39, 0.29) is 37.5 Å². The van der Waals surface area contributed by atoms with E-state index in [0.29, 0.717) is 44.3 Å². The summed E-state index contributed by atoms with van der Waals surface area (Å²) in [6, 6.07) is 55.5. The number of hydrogen-bond acceptors (Lipinski definition) is 4. The number of fused-ring (bicyclic) bond motifs is 7. The first-order valence-electron chi connectivity index (χ1n) is 22.0. The minimum Gasteiger partial charge on any atom is -0.500 e. The SMILES string of the molecule is CC(C)c1cc(-c2ccccc2)cc(C(C)C)c1-n1c(-c2[c-]ccc3c2oc2cc4c(oc5ccccc54)c(F)c23)nc2ccccc21.C[Si](C)(C)c1ccc(-c2[c-]cccc2)nc1.[Ir]. The number of halogens is 1. The van der Waals surface area contributed by atoms with E-state index in [0.717, 1.165) is 33.4 Å². The summed E-state index contributed by atoms with van der Waals surface area (Å²) in [5.41, 5.74) is 12.4. The zero-order valence-corrected chi connectivity index (χ0v) is 40.9. The Labute approximate surface area is 393 Å². The van der Waals surface area contributed by atoms with Gasteiger partial charge in [0.05, 0.1) is 30.5 Å². The molecular weight excluding hydrogens is 998 g/mol. The fourth-order valence-corrected chi connectivity index (χ4v) is 9.81. The molecule has 0 spiro atoms. The van der Waals surface area contributed by atoms with Crippen molar-refractivity contribution in [1.82, 2.24) is 14.5 Å². The molecule has 0 aliphatic heterocycles. The third-order valence-corrected chi connectivity index (χ3v) is 14.2. The van der Waals surface area contributed by atoms with Gasteiger partial charge in [-0.05, 0) is 81.4 Å². The van der Waals surface area contributed by atoms with Crippen LogP contribution in [-0.2, 0) is 20.1 Å². The molecule has 0 unspecified atom stereocenters. The average Bonchev–Trinajstić information content (AvgIpc) is 4.01. The van der Waals surface area contributed by atoms with E-state index in [4.69, 9.17) is 13.8 Å². The fraction of sp³-hybridized carbons (Fsp3) is 0.158. The van der Waals surface area contributed by atoms with Crippen molar-refractivity contribution in [3.63, 3.8) is 0 Å². The summed E-state index contributed by atoms with van der Waals surface area (Å²) in [5, 5.41) is 3.99. The Hall–Kier alpha value is -6.44. The molecule has 8 heteroatoms. The molecule has 0 bridgehead atoms. The third-order valence-electron chi connectivity index (χ3n) is 12.1. The molecule has 65 heavy (non-hydrogen) atoms. The van der Waals surface area contributed by atoms with Gasteiger partial charge in [0.2, 0.25) is 0 Å². The quantitative estimate of drug-likeness (QED) is 0.118. The molecular formula is C57H48FIrN3O2Si-2. The van der Waals surface area contributed by atoms with Gasteiger partial charge in [-0.1, -0.05) is 131 Å². The summed E-state index contributed by atoms with van der Waals surface area (Å²) in [5.74, 6) is 0.719. The molecule has 0 N–H and O–H groups in total. The summed E-state index contributed by atoms with van der Waals surface area (Å²) in [7, 11) is -1.23. The van der Waals surface area contributed by atoms with Crippen LogP contribution in [0.5, 0.6) is 0 Å². The van der Waals surface area contributed by atoms with Gasteiger partial charge in [0.1, 0.15) is 11.2 Å². The molecule has 0 fully saturated rings. The number of aromatic nitrogens is 3. The number of furan rings is 2. The second kappa shape index (κ2) is 17.5. The van der Waals surface area contributed by atoms with Crippen LogP contribution in [0.1, 0.15) is 50.7 Å². The zero-order chi connectivity index (χ0) is 44.3. The predicted molar refractivity (Wildman–Crippen MR) is 265 cm³/mol. The summed E-state index contributed by atoms with van der Waals surface area (Å²) in [6.07, 6.45) is 2.02. The maximum Gasteiger partial charge on any atom is 0.176 e. The normalized spacial score (nSPS) is 11.8. The summed E-state index contributed by atoms with van der Waals surface area (Å²) in [6.45, 7) is 16.0. The molecule has 5 nitrogen and oxygen atoms in total. The van der Waals surface area contributed by atoms with E-state index in [1.54, 1.807) is 0 Å². The molecule has 0 aliphatic carbocycles. The van der Waals surface area contributed by atoms with Crippen molar-refractivity contribution in [3.8, 4) is 39.5 Å². The number of nitrogens with zero attached hydrogens (tertiary/aromatic N) is 3. The van der Waals surface area contributed by atoms with Crippen LogP contribution in [0.2, 0.25) is 19.6 Å². The average molecular weight is 1050 g/mol. The Kier molecular flexibility index (Phi) is 11.8. The van der Waals surface area contributed by atoms with E-state index in [1.165, 1.54) is 27.4 Å². The monoisotopic (exact) mass is 1050 g/mol. The Bertz CT molecular complexity index is 3460. The van der Waals surface area contributed by atoms with Gasteiger partial charge < -0.3 is 18.4 Å². The van der Waals surface area contributed by atoms with Gasteiger partial charge in [-0.15, -0.1) is 54.1 Å². The number of para-hydroxylation sites is 3. The zero-order valence-electron chi connectivity index (χ0n) is 37.5. The first kappa shape index (κ1) is 43.8. The van der Waals surface area contributed by atoms with Crippen molar-refractivity contribution in [2.75, 3.05) is 0 Å². The van der Waals surface area contributed by atoms with Gasteiger partial charge in [0, 0.05) is 48.1 Å². The summed E-state index contributed by atoms with van der Waals surface area (Å²) < 4.78 is 31.3. The molecule has 0 aliphatic rings. The number of benzene rings is 7. The van der Waals surface area contributed by atoms with E-state index in [9.17, 15) is 0 Å². The second-order valence-corrected chi connectivity index (χ2v) is 23.2. The number of rotatable bonds is 7. The minimum absolute atomic E-state index is 0. The topological polar surface area (TPSA) is 57.0 Å². The van der Waals surface area contributed by atoms with Crippen molar-refractivity contribution in [2.45, 2.75) is 59.2 Å². The molecule has 4 aromatic heterocycles. The molecule has 4 heterocycles. The van der Waals surface area contributed by atoms with Crippen molar-refractivity contribution < 1.29 is 33.3 Å². The van der Waals surface area contributed by atoms with Crippen molar-refractivity contribution in [1.29, 1.82) is 0 Å². The first-order chi connectivity index (χ1) is 31.0. The molecule has 325 valence electrons. The Morgan fingerprint density at radius 1 is 0.631 bits per heavy atom. The van der Waals surface area contributed by atoms with Gasteiger partial charge in [0.25, 0.3) is 0 Å². The van der Waals surface area contributed by atoms with Gasteiger partial charge >= 0.3 is 0 Å². The maximum atomic E-state index is 16.4. The summed E-state index contributed by atoms with van der Waals surface area (Å²) >= 11 is 0. The molecule has 0 atom stereocenters. The van der Waals surface area contributed by atoms with Crippen LogP contribution in [-0.4, -0.2) is 22.6 Å². The number of pyridine rings is 1. The molecule has 0 amide bonds. The largest absolute Gasteiger partial charge is 0.500 e. The second-order valence-electron chi connectivity index (χ2n) is 18.1. The van der Waals surface area contributed by atoms with Crippen LogP contribution in [0, 0.1) is 17.9 Å².